The number of anilines is 1. The number of nitrogens with zero attached hydrogens (tertiary/aromatic N) is 4. The van der Waals surface area contributed by atoms with Crippen molar-refractivity contribution in [3.8, 4) is 0 Å². The Morgan fingerprint density at radius 3 is 3.00 bits per heavy atom. The van der Waals surface area contributed by atoms with E-state index in [-0.39, 0.29) is 0 Å². The van der Waals surface area contributed by atoms with E-state index in [4.69, 9.17) is 4.52 Å². The van der Waals surface area contributed by atoms with E-state index >= 15 is 0 Å². The highest BCUT2D eigenvalue weighted by Gasteiger charge is 2.26. The molecule has 2 aromatic rings. The number of hydrogen-bond donors (Lipinski definition) is 1. The van der Waals surface area contributed by atoms with E-state index in [0.717, 1.165) is 18.2 Å². The van der Waals surface area contributed by atoms with E-state index in [1.807, 2.05) is 13.0 Å². The van der Waals surface area contributed by atoms with Crippen LogP contribution in [0.25, 0.3) is 0 Å². The molecule has 18 heavy (non-hydrogen) atoms. The Balaban J connectivity index is 1.54. The summed E-state index contributed by atoms with van der Waals surface area (Å²) >= 11 is 0. The highest BCUT2D eigenvalue weighted by atomic mass is 16.5. The van der Waals surface area contributed by atoms with Crippen LogP contribution in [0.2, 0.25) is 0 Å². The van der Waals surface area contributed by atoms with Crippen LogP contribution in [0.3, 0.4) is 0 Å². The van der Waals surface area contributed by atoms with Crippen LogP contribution < -0.4 is 5.32 Å². The van der Waals surface area contributed by atoms with Gasteiger partial charge in [0.1, 0.15) is 11.6 Å². The highest BCUT2D eigenvalue weighted by molar-refractivity contribution is 5.33. The van der Waals surface area contributed by atoms with Gasteiger partial charge in [-0.2, -0.15) is 4.98 Å². The first-order chi connectivity index (χ1) is 8.81. The fourth-order valence-electron chi connectivity index (χ4n) is 1.75. The molecule has 0 aromatic carbocycles. The molecule has 0 unspecified atom stereocenters. The molecule has 0 atom stereocenters. The van der Waals surface area contributed by atoms with Gasteiger partial charge in [0.2, 0.25) is 5.89 Å². The molecule has 0 spiro atoms. The molecule has 1 aliphatic carbocycles. The van der Waals surface area contributed by atoms with Crippen LogP contribution in [-0.2, 0) is 6.42 Å². The van der Waals surface area contributed by atoms with Crippen LogP contribution in [0, 0.1) is 6.92 Å². The van der Waals surface area contributed by atoms with Crippen molar-refractivity contribution in [1.82, 2.24) is 20.1 Å². The van der Waals surface area contributed by atoms with Crippen molar-refractivity contribution in [2.45, 2.75) is 32.1 Å². The van der Waals surface area contributed by atoms with Gasteiger partial charge in [0, 0.05) is 25.1 Å². The lowest BCUT2D eigenvalue weighted by Crippen LogP contribution is -2.07. The van der Waals surface area contributed by atoms with Gasteiger partial charge in [-0.3, -0.25) is 0 Å². The quantitative estimate of drug-likeness (QED) is 0.864. The first kappa shape index (κ1) is 11.1. The van der Waals surface area contributed by atoms with Crippen molar-refractivity contribution in [3.63, 3.8) is 0 Å². The molecule has 94 valence electrons. The molecular formula is C12H15N5O. The second kappa shape index (κ2) is 4.72. The first-order valence-electron chi connectivity index (χ1n) is 6.17. The van der Waals surface area contributed by atoms with Gasteiger partial charge < -0.3 is 9.84 Å². The number of nitrogens with one attached hydrogen (secondary N) is 1. The fourth-order valence-corrected chi connectivity index (χ4v) is 1.75. The van der Waals surface area contributed by atoms with Gasteiger partial charge in [0.25, 0.3) is 0 Å². The van der Waals surface area contributed by atoms with E-state index < -0.39 is 0 Å². The third-order valence-electron chi connectivity index (χ3n) is 2.83. The van der Waals surface area contributed by atoms with Crippen LogP contribution in [0.4, 0.5) is 5.82 Å². The van der Waals surface area contributed by atoms with Gasteiger partial charge in [-0.25, -0.2) is 9.97 Å². The largest absolute Gasteiger partial charge is 0.369 e. The second-order valence-electron chi connectivity index (χ2n) is 4.49. The van der Waals surface area contributed by atoms with Gasteiger partial charge in [-0.05, 0) is 25.8 Å². The molecule has 3 rings (SSSR count). The summed E-state index contributed by atoms with van der Waals surface area (Å²) in [5.41, 5.74) is 0. The zero-order valence-corrected chi connectivity index (χ0v) is 10.3. The van der Waals surface area contributed by atoms with Gasteiger partial charge in [-0.15, -0.1) is 0 Å². The molecule has 0 amide bonds. The van der Waals surface area contributed by atoms with Crippen LogP contribution in [0.15, 0.2) is 16.8 Å². The number of aromatic nitrogens is 4. The lowest BCUT2D eigenvalue weighted by molar-refractivity contribution is 0.377. The van der Waals surface area contributed by atoms with E-state index in [1.54, 1.807) is 6.20 Å². The molecule has 0 bridgehead atoms. The van der Waals surface area contributed by atoms with Gasteiger partial charge in [0.15, 0.2) is 5.82 Å². The fraction of sp³-hybridized carbons (Fsp3) is 0.500. The predicted molar refractivity (Wildman–Crippen MR) is 65.2 cm³/mol. The molecule has 2 aromatic heterocycles. The Bertz CT molecular complexity index is 535. The first-order valence-corrected chi connectivity index (χ1v) is 6.17. The van der Waals surface area contributed by atoms with Crippen molar-refractivity contribution in [2.24, 2.45) is 0 Å². The van der Waals surface area contributed by atoms with Crippen LogP contribution >= 0.6 is 0 Å². The van der Waals surface area contributed by atoms with Crippen LogP contribution in [0.5, 0.6) is 0 Å². The number of hydrogen-bond acceptors (Lipinski definition) is 6. The van der Waals surface area contributed by atoms with Crippen LogP contribution in [-0.4, -0.2) is 26.7 Å². The molecule has 2 heterocycles. The molecule has 1 fully saturated rings. The Morgan fingerprint density at radius 2 is 2.28 bits per heavy atom. The van der Waals surface area contributed by atoms with E-state index in [9.17, 15) is 0 Å². The van der Waals surface area contributed by atoms with E-state index in [1.165, 1.54) is 12.8 Å². The monoisotopic (exact) mass is 245 g/mol. The summed E-state index contributed by atoms with van der Waals surface area (Å²) in [5, 5.41) is 6.99. The Morgan fingerprint density at radius 1 is 1.39 bits per heavy atom. The minimum absolute atomic E-state index is 0.574. The minimum Gasteiger partial charge on any atom is -0.369 e. The molecule has 1 saturated carbocycles. The molecule has 0 radical (unpaired) electrons. The topological polar surface area (TPSA) is 76.7 Å². The molecule has 0 saturated heterocycles. The summed E-state index contributed by atoms with van der Waals surface area (Å²) in [6, 6.07) is 1.88. The standard InChI is InChI=1S/C12H15N5O/c1-8-15-11(18-17-8)5-7-13-10-4-6-14-12(16-10)9-2-3-9/h4,6,9H,2-3,5,7H2,1H3,(H,13,14,16). The maximum absolute atomic E-state index is 5.04. The lowest BCUT2D eigenvalue weighted by atomic mass is 10.4. The summed E-state index contributed by atoms with van der Waals surface area (Å²) in [7, 11) is 0. The van der Waals surface area contributed by atoms with Crippen molar-refractivity contribution in [1.29, 1.82) is 0 Å². The third kappa shape index (κ3) is 2.64. The summed E-state index contributed by atoms with van der Waals surface area (Å²) in [4.78, 5) is 12.9. The molecule has 0 aliphatic heterocycles. The molecular weight excluding hydrogens is 230 g/mol. The Kier molecular flexibility index (Phi) is 2.92. The van der Waals surface area contributed by atoms with Crippen molar-refractivity contribution >= 4 is 5.82 Å². The maximum Gasteiger partial charge on any atom is 0.228 e. The SMILES string of the molecule is Cc1noc(CCNc2ccnc(C3CC3)n2)n1. The minimum atomic E-state index is 0.574. The van der Waals surface area contributed by atoms with Gasteiger partial charge in [-0.1, -0.05) is 5.16 Å². The maximum atomic E-state index is 5.04. The van der Waals surface area contributed by atoms with Crippen molar-refractivity contribution < 1.29 is 4.52 Å². The van der Waals surface area contributed by atoms with Crippen molar-refractivity contribution in [3.05, 3.63) is 29.8 Å². The average molecular weight is 245 g/mol. The van der Waals surface area contributed by atoms with Gasteiger partial charge >= 0.3 is 0 Å². The van der Waals surface area contributed by atoms with Crippen molar-refractivity contribution in [2.75, 3.05) is 11.9 Å². The molecule has 1 aliphatic rings. The van der Waals surface area contributed by atoms with Crippen LogP contribution in [0.1, 0.15) is 36.3 Å². The lowest BCUT2D eigenvalue weighted by Gasteiger charge is -2.04. The summed E-state index contributed by atoms with van der Waals surface area (Å²) < 4.78 is 5.04. The highest BCUT2D eigenvalue weighted by Crippen LogP contribution is 2.37. The number of rotatable bonds is 5. The zero-order chi connectivity index (χ0) is 12.4. The molecule has 1 N–H and O–H groups in total. The summed E-state index contributed by atoms with van der Waals surface area (Å²) in [6.07, 6.45) is 4.93. The zero-order valence-electron chi connectivity index (χ0n) is 10.3. The summed E-state index contributed by atoms with van der Waals surface area (Å²) in [6.45, 7) is 2.54. The third-order valence-corrected chi connectivity index (χ3v) is 2.83. The second-order valence-corrected chi connectivity index (χ2v) is 4.49. The summed E-state index contributed by atoms with van der Waals surface area (Å²) in [5.74, 6) is 3.71. The normalized spacial score (nSPS) is 14.7. The number of aryl methyl sites for hydroxylation is 1. The molecule has 6 heteroatoms. The van der Waals surface area contributed by atoms with E-state index in [2.05, 4.69) is 25.4 Å². The Labute approximate surface area is 105 Å². The van der Waals surface area contributed by atoms with E-state index in [0.29, 0.717) is 24.1 Å². The Hall–Kier alpha value is -1.98. The average Bonchev–Trinajstić information content (AvgIpc) is 3.14. The molecule has 6 nitrogen and oxygen atoms in total. The van der Waals surface area contributed by atoms with Gasteiger partial charge in [0.05, 0.1) is 0 Å². The predicted octanol–water partition coefficient (Wildman–Crippen LogP) is 1.70. The smallest absolute Gasteiger partial charge is 0.228 e.